The summed E-state index contributed by atoms with van der Waals surface area (Å²) >= 11 is 0. The van der Waals surface area contributed by atoms with Crippen molar-refractivity contribution >= 4 is 12.1 Å². The van der Waals surface area contributed by atoms with E-state index < -0.39 is 0 Å². The smallest absolute Gasteiger partial charge is 0.317 e. The number of halogens is 1. The molecule has 4 nitrogen and oxygen atoms in total. The summed E-state index contributed by atoms with van der Waals surface area (Å²) in [6, 6.07) is 7.02. The second-order valence-electron chi connectivity index (χ2n) is 6.26. The van der Waals surface area contributed by atoms with Crippen LogP contribution in [0.3, 0.4) is 0 Å². The molecule has 0 atom stereocenters. The molecule has 1 aromatic rings. The molecule has 0 saturated carbocycles. The number of benzene rings is 1. The molecule has 2 aliphatic heterocycles. The Morgan fingerprint density at radius 1 is 1.17 bits per heavy atom. The van der Waals surface area contributed by atoms with Crippen LogP contribution < -0.4 is 5.32 Å². The Hall–Kier alpha value is -1.88. The van der Waals surface area contributed by atoms with E-state index in [1.165, 1.54) is 12.1 Å². The highest BCUT2D eigenvalue weighted by molar-refractivity contribution is 5.75. The highest BCUT2D eigenvalue weighted by atomic mass is 19.1. The molecular weight excluding hydrogens is 293 g/mol. The van der Waals surface area contributed by atoms with E-state index in [2.05, 4.69) is 16.3 Å². The molecule has 0 aliphatic carbocycles. The van der Waals surface area contributed by atoms with Crippen LogP contribution in [0.15, 0.2) is 30.3 Å². The average Bonchev–Trinajstić information content (AvgIpc) is 2.58. The minimum Gasteiger partial charge on any atom is -0.338 e. The van der Waals surface area contributed by atoms with Crippen LogP contribution in [0, 0.1) is 5.82 Å². The molecule has 0 spiro atoms. The highest BCUT2D eigenvalue weighted by Crippen LogP contribution is 2.18. The predicted molar refractivity (Wildman–Crippen MR) is 89.6 cm³/mol. The molecule has 1 aromatic carbocycles. The number of carbonyl (C=O) groups excluding carboxylic acids is 1. The zero-order valence-corrected chi connectivity index (χ0v) is 13.4. The van der Waals surface area contributed by atoms with E-state index in [4.69, 9.17) is 0 Å². The van der Waals surface area contributed by atoms with Crippen molar-refractivity contribution in [3.8, 4) is 0 Å². The van der Waals surface area contributed by atoms with Crippen molar-refractivity contribution in [1.82, 2.24) is 15.1 Å². The Kier molecular flexibility index (Phi) is 5.28. The summed E-state index contributed by atoms with van der Waals surface area (Å²) < 4.78 is 12.9. The molecule has 0 radical (unpaired) electrons. The van der Waals surface area contributed by atoms with Gasteiger partial charge in [0.2, 0.25) is 0 Å². The fraction of sp³-hybridized carbons (Fsp3) is 0.500. The van der Waals surface area contributed by atoms with Gasteiger partial charge in [0, 0.05) is 38.8 Å². The first kappa shape index (κ1) is 16.0. The Labute approximate surface area is 137 Å². The molecule has 2 fully saturated rings. The van der Waals surface area contributed by atoms with Crippen molar-refractivity contribution in [1.29, 1.82) is 0 Å². The third-order valence-corrected chi connectivity index (χ3v) is 4.65. The zero-order chi connectivity index (χ0) is 16.1. The third-order valence-electron chi connectivity index (χ3n) is 4.65. The molecule has 2 aliphatic rings. The molecule has 23 heavy (non-hydrogen) atoms. The number of hydrogen-bond acceptors (Lipinski definition) is 2. The average molecular weight is 317 g/mol. The Morgan fingerprint density at radius 3 is 2.61 bits per heavy atom. The first-order chi connectivity index (χ1) is 11.2. The minimum atomic E-state index is -0.203. The van der Waals surface area contributed by atoms with E-state index in [1.54, 1.807) is 12.1 Å². The predicted octanol–water partition coefficient (Wildman–Crippen LogP) is 2.72. The molecule has 0 aromatic heterocycles. The second kappa shape index (κ2) is 7.59. The van der Waals surface area contributed by atoms with E-state index in [1.807, 2.05) is 11.0 Å². The van der Waals surface area contributed by atoms with E-state index in [-0.39, 0.29) is 11.8 Å². The minimum absolute atomic E-state index is 0.103. The standard InChI is InChI=1S/C18H24FN3O/c19-16-6-4-15(5-7-16)3-1-11-21-13-8-17(9-14-21)22-12-2-10-20-18(22)23/h1,3-7,17H,2,8-14H2,(H,20,23). The maximum absolute atomic E-state index is 12.9. The summed E-state index contributed by atoms with van der Waals surface area (Å²) in [5.41, 5.74) is 1.02. The molecule has 2 amide bonds. The molecule has 2 heterocycles. The fourth-order valence-electron chi connectivity index (χ4n) is 3.32. The van der Waals surface area contributed by atoms with Gasteiger partial charge in [-0.3, -0.25) is 4.90 Å². The maximum atomic E-state index is 12.9. The van der Waals surface area contributed by atoms with Gasteiger partial charge in [0.05, 0.1) is 0 Å². The van der Waals surface area contributed by atoms with Crippen molar-refractivity contribution in [2.24, 2.45) is 0 Å². The largest absolute Gasteiger partial charge is 0.338 e. The summed E-state index contributed by atoms with van der Waals surface area (Å²) in [5.74, 6) is -0.203. The van der Waals surface area contributed by atoms with Gasteiger partial charge in [-0.05, 0) is 37.0 Å². The summed E-state index contributed by atoms with van der Waals surface area (Å²) in [4.78, 5) is 16.3. The number of amides is 2. The van der Waals surface area contributed by atoms with Crippen molar-refractivity contribution < 1.29 is 9.18 Å². The van der Waals surface area contributed by atoms with Gasteiger partial charge >= 0.3 is 6.03 Å². The lowest BCUT2D eigenvalue weighted by Crippen LogP contribution is -2.54. The molecule has 124 valence electrons. The maximum Gasteiger partial charge on any atom is 0.317 e. The van der Waals surface area contributed by atoms with Gasteiger partial charge in [0.15, 0.2) is 0 Å². The number of hydrogen-bond donors (Lipinski definition) is 1. The topological polar surface area (TPSA) is 35.6 Å². The van der Waals surface area contributed by atoms with Crippen molar-refractivity contribution in [2.75, 3.05) is 32.7 Å². The van der Waals surface area contributed by atoms with Crippen LogP contribution in [0.2, 0.25) is 0 Å². The lowest BCUT2D eigenvalue weighted by atomic mass is 10.0. The van der Waals surface area contributed by atoms with Crippen LogP contribution in [-0.4, -0.2) is 54.6 Å². The Morgan fingerprint density at radius 2 is 1.91 bits per heavy atom. The first-order valence-electron chi connectivity index (χ1n) is 8.41. The highest BCUT2D eigenvalue weighted by Gasteiger charge is 2.28. The van der Waals surface area contributed by atoms with Crippen LogP contribution in [-0.2, 0) is 0 Å². The molecule has 1 N–H and O–H groups in total. The number of rotatable bonds is 4. The van der Waals surface area contributed by atoms with E-state index in [9.17, 15) is 9.18 Å². The molecule has 5 heteroatoms. The number of piperidine rings is 1. The summed E-state index contributed by atoms with van der Waals surface area (Å²) in [6.45, 7) is 4.63. The van der Waals surface area contributed by atoms with Crippen molar-refractivity contribution in [3.63, 3.8) is 0 Å². The van der Waals surface area contributed by atoms with Crippen LogP contribution in [0.4, 0.5) is 9.18 Å². The SMILES string of the molecule is O=C1NCCCN1C1CCN(CC=Cc2ccc(F)cc2)CC1. The normalized spacial score (nSPS) is 20.9. The van der Waals surface area contributed by atoms with Crippen LogP contribution in [0.5, 0.6) is 0 Å². The van der Waals surface area contributed by atoms with Gasteiger partial charge in [-0.15, -0.1) is 0 Å². The Bertz CT molecular complexity index is 550. The van der Waals surface area contributed by atoms with Gasteiger partial charge in [-0.1, -0.05) is 24.3 Å². The van der Waals surface area contributed by atoms with Crippen molar-refractivity contribution in [2.45, 2.75) is 25.3 Å². The van der Waals surface area contributed by atoms with E-state index in [0.29, 0.717) is 6.04 Å². The van der Waals surface area contributed by atoms with E-state index in [0.717, 1.165) is 57.5 Å². The number of carbonyl (C=O) groups is 1. The molecule has 3 rings (SSSR count). The number of nitrogens with one attached hydrogen (secondary N) is 1. The molecule has 0 unspecified atom stereocenters. The summed E-state index contributed by atoms with van der Waals surface area (Å²) in [7, 11) is 0. The monoisotopic (exact) mass is 317 g/mol. The summed E-state index contributed by atoms with van der Waals surface area (Å²) in [5, 5.41) is 2.93. The first-order valence-corrected chi connectivity index (χ1v) is 8.41. The van der Waals surface area contributed by atoms with Gasteiger partial charge < -0.3 is 10.2 Å². The van der Waals surface area contributed by atoms with Gasteiger partial charge in [-0.25, -0.2) is 9.18 Å². The fourth-order valence-corrected chi connectivity index (χ4v) is 3.32. The lowest BCUT2D eigenvalue weighted by Gasteiger charge is -2.40. The number of likely N-dealkylation sites (tertiary alicyclic amines) is 1. The Balaban J connectivity index is 1.44. The zero-order valence-electron chi connectivity index (χ0n) is 13.4. The lowest BCUT2D eigenvalue weighted by molar-refractivity contribution is 0.116. The second-order valence-corrected chi connectivity index (χ2v) is 6.26. The summed E-state index contributed by atoms with van der Waals surface area (Å²) in [6.07, 6.45) is 7.28. The molecular formula is C18H24FN3O. The van der Waals surface area contributed by atoms with Crippen molar-refractivity contribution in [3.05, 3.63) is 41.7 Å². The number of nitrogens with zero attached hydrogens (tertiary/aromatic N) is 2. The third kappa shape index (κ3) is 4.32. The molecule has 0 bridgehead atoms. The van der Waals surface area contributed by atoms with Crippen LogP contribution in [0.1, 0.15) is 24.8 Å². The van der Waals surface area contributed by atoms with Gasteiger partial charge in [-0.2, -0.15) is 0 Å². The quantitative estimate of drug-likeness (QED) is 0.927. The van der Waals surface area contributed by atoms with E-state index >= 15 is 0 Å². The molecule has 2 saturated heterocycles. The number of urea groups is 1. The van der Waals surface area contributed by atoms with Crippen LogP contribution >= 0.6 is 0 Å². The van der Waals surface area contributed by atoms with Crippen LogP contribution in [0.25, 0.3) is 6.08 Å². The van der Waals surface area contributed by atoms with Gasteiger partial charge in [0.25, 0.3) is 0 Å². The van der Waals surface area contributed by atoms with Gasteiger partial charge in [0.1, 0.15) is 5.82 Å².